The first kappa shape index (κ1) is 24.2. The molecule has 180 valence electrons. The lowest BCUT2D eigenvalue weighted by Crippen LogP contribution is -2.32. The van der Waals surface area contributed by atoms with Gasteiger partial charge in [-0.2, -0.15) is 5.26 Å². The molecule has 3 heterocycles. The number of piperidine rings is 1. The number of amides is 1. The molecule has 35 heavy (non-hydrogen) atoms. The zero-order valence-corrected chi connectivity index (χ0v) is 20.3. The Morgan fingerprint density at radius 1 is 1.29 bits per heavy atom. The highest BCUT2D eigenvalue weighted by molar-refractivity contribution is 7.19. The van der Waals surface area contributed by atoms with Crippen LogP contribution < -0.4 is 10.2 Å². The molecule has 4 rings (SSSR count). The SMILES string of the molecule is CCOC(=O)c1cccc(-c2ccc(/C=C(/C#N)C(=O)Nc3nnc(N4CCC(C)CC4)s3)o2)c1. The van der Waals surface area contributed by atoms with Crippen LogP contribution in [0.2, 0.25) is 0 Å². The number of nitrogens with zero attached hydrogens (tertiary/aromatic N) is 4. The summed E-state index contributed by atoms with van der Waals surface area (Å²) in [6, 6.07) is 12.1. The van der Waals surface area contributed by atoms with Crippen LogP contribution in [-0.4, -0.2) is 41.8 Å². The molecule has 0 bridgehead atoms. The van der Waals surface area contributed by atoms with Gasteiger partial charge < -0.3 is 14.1 Å². The van der Waals surface area contributed by atoms with Crippen molar-refractivity contribution in [2.24, 2.45) is 5.92 Å². The molecule has 0 saturated carbocycles. The summed E-state index contributed by atoms with van der Waals surface area (Å²) in [7, 11) is 0. The first-order valence-electron chi connectivity index (χ1n) is 11.4. The Labute approximate surface area is 207 Å². The summed E-state index contributed by atoms with van der Waals surface area (Å²) in [6.07, 6.45) is 3.56. The van der Waals surface area contributed by atoms with Crippen LogP contribution in [0.5, 0.6) is 0 Å². The molecule has 1 fully saturated rings. The average molecular weight is 492 g/mol. The maximum absolute atomic E-state index is 12.7. The van der Waals surface area contributed by atoms with E-state index in [0.717, 1.165) is 31.1 Å². The fourth-order valence-corrected chi connectivity index (χ4v) is 4.44. The van der Waals surface area contributed by atoms with Crippen LogP contribution in [-0.2, 0) is 9.53 Å². The quantitative estimate of drug-likeness (QED) is 0.285. The molecule has 10 heteroatoms. The van der Waals surface area contributed by atoms with Crippen LogP contribution in [0.1, 0.15) is 42.8 Å². The molecule has 0 spiro atoms. The van der Waals surface area contributed by atoms with E-state index in [-0.39, 0.29) is 12.2 Å². The number of esters is 1. The van der Waals surface area contributed by atoms with Crippen molar-refractivity contribution in [3.63, 3.8) is 0 Å². The van der Waals surface area contributed by atoms with Gasteiger partial charge in [-0.15, -0.1) is 10.2 Å². The molecular weight excluding hydrogens is 466 g/mol. The number of aromatic nitrogens is 2. The van der Waals surface area contributed by atoms with Gasteiger partial charge in [0, 0.05) is 24.7 Å². The van der Waals surface area contributed by atoms with E-state index in [9.17, 15) is 14.9 Å². The molecule has 0 aliphatic carbocycles. The van der Waals surface area contributed by atoms with Gasteiger partial charge in [-0.05, 0) is 49.9 Å². The number of furan rings is 1. The maximum atomic E-state index is 12.7. The molecular formula is C25H25N5O4S. The molecule has 0 atom stereocenters. The topological polar surface area (TPSA) is 121 Å². The normalized spacial score (nSPS) is 14.4. The molecule has 0 unspecified atom stereocenters. The molecule has 1 aliphatic rings. The number of ether oxygens (including phenoxy) is 1. The van der Waals surface area contributed by atoms with Crippen LogP contribution in [0.25, 0.3) is 17.4 Å². The van der Waals surface area contributed by atoms with E-state index < -0.39 is 11.9 Å². The zero-order valence-electron chi connectivity index (χ0n) is 19.5. The highest BCUT2D eigenvalue weighted by atomic mass is 32.1. The average Bonchev–Trinajstić information content (AvgIpc) is 3.53. The summed E-state index contributed by atoms with van der Waals surface area (Å²) in [5.74, 6) is 0.507. The van der Waals surface area contributed by atoms with Crippen molar-refractivity contribution in [2.45, 2.75) is 26.7 Å². The van der Waals surface area contributed by atoms with Crippen LogP contribution in [0.3, 0.4) is 0 Å². The summed E-state index contributed by atoms with van der Waals surface area (Å²) in [5.41, 5.74) is 0.951. The minimum atomic E-state index is -0.593. The van der Waals surface area contributed by atoms with Gasteiger partial charge in [-0.25, -0.2) is 4.79 Å². The third kappa shape index (κ3) is 5.94. The second-order valence-electron chi connectivity index (χ2n) is 8.19. The van der Waals surface area contributed by atoms with Crippen molar-refractivity contribution in [1.82, 2.24) is 10.2 Å². The van der Waals surface area contributed by atoms with Crippen molar-refractivity contribution in [2.75, 3.05) is 29.9 Å². The van der Waals surface area contributed by atoms with Crippen molar-refractivity contribution < 1.29 is 18.7 Å². The number of nitriles is 1. The molecule has 1 aromatic carbocycles. The number of carbonyl (C=O) groups excluding carboxylic acids is 2. The Hall–Kier alpha value is -3.97. The zero-order chi connectivity index (χ0) is 24.8. The van der Waals surface area contributed by atoms with Gasteiger partial charge in [-0.1, -0.05) is 30.4 Å². The fourth-order valence-electron chi connectivity index (χ4n) is 3.65. The van der Waals surface area contributed by atoms with Crippen molar-refractivity contribution in [1.29, 1.82) is 5.26 Å². The van der Waals surface area contributed by atoms with Gasteiger partial charge in [0.25, 0.3) is 5.91 Å². The number of anilines is 2. The minimum Gasteiger partial charge on any atom is -0.462 e. The van der Waals surface area contributed by atoms with E-state index in [1.54, 1.807) is 43.3 Å². The van der Waals surface area contributed by atoms with E-state index >= 15 is 0 Å². The summed E-state index contributed by atoms with van der Waals surface area (Å²) >= 11 is 1.29. The Balaban J connectivity index is 1.44. The molecule has 1 saturated heterocycles. The predicted octanol–water partition coefficient (Wildman–Crippen LogP) is 4.76. The molecule has 3 aromatic rings. The van der Waals surface area contributed by atoms with Crippen LogP contribution in [0, 0.1) is 17.2 Å². The first-order valence-corrected chi connectivity index (χ1v) is 12.2. The van der Waals surface area contributed by atoms with Crippen LogP contribution in [0.15, 0.2) is 46.4 Å². The standard InChI is InChI=1S/C25H25N5O4S/c1-3-33-23(32)18-6-4-5-17(13-18)21-8-7-20(34-21)14-19(15-26)22(31)27-24-28-29-25(35-24)30-11-9-16(2)10-12-30/h4-8,13-14,16H,3,9-12H2,1-2H3,(H,27,28,31)/b19-14-. The van der Waals surface area contributed by atoms with E-state index in [1.165, 1.54) is 17.4 Å². The Bertz CT molecular complexity index is 1280. The van der Waals surface area contributed by atoms with Gasteiger partial charge in [0.05, 0.1) is 12.2 Å². The monoisotopic (exact) mass is 491 g/mol. The molecule has 2 aromatic heterocycles. The second-order valence-corrected chi connectivity index (χ2v) is 9.14. The Kier molecular flexibility index (Phi) is 7.57. The van der Waals surface area contributed by atoms with Crippen LogP contribution in [0.4, 0.5) is 10.3 Å². The molecule has 9 nitrogen and oxygen atoms in total. The highest BCUT2D eigenvalue weighted by Crippen LogP contribution is 2.29. The number of rotatable bonds is 7. The van der Waals surface area contributed by atoms with E-state index in [2.05, 4.69) is 27.3 Å². The van der Waals surface area contributed by atoms with E-state index in [1.807, 2.05) is 6.07 Å². The van der Waals surface area contributed by atoms with E-state index in [4.69, 9.17) is 9.15 Å². The predicted molar refractivity (Wildman–Crippen MR) is 133 cm³/mol. The fraction of sp³-hybridized carbons (Fsp3) is 0.320. The molecule has 1 aliphatic heterocycles. The molecule has 0 radical (unpaired) electrons. The van der Waals surface area contributed by atoms with Gasteiger partial charge in [-0.3, -0.25) is 10.1 Å². The van der Waals surface area contributed by atoms with Crippen molar-refractivity contribution in [3.8, 4) is 17.4 Å². The lowest BCUT2D eigenvalue weighted by atomic mass is 10.00. The van der Waals surface area contributed by atoms with Gasteiger partial charge in [0.15, 0.2) is 0 Å². The summed E-state index contributed by atoms with van der Waals surface area (Å²) in [4.78, 5) is 26.8. The number of hydrogen-bond acceptors (Lipinski definition) is 9. The van der Waals surface area contributed by atoms with Crippen molar-refractivity contribution in [3.05, 3.63) is 53.3 Å². The van der Waals surface area contributed by atoms with Gasteiger partial charge >= 0.3 is 5.97 Å². The van der Waals surface area contributed by atoms with Gasteiger partial charge in [0.1, 0.15) is 23.2 Å². The summed E-state index contributed by atoms with van der Waals surface area (Å²) < 4.78 is 10.8. The molecule has 1 N–H and O–H groups in total. The van der Waals surface area contributed by atoms with Gasteiger partial charge in [0.2, 0.25) is 10.3 Å². The number of benzene rings is 1. The van der Waals surface area contributed by atoms with Crippen LogP contribution >= 0.6 is 11.3 Å². The maximum Gasteiger partial charge on any atom is 0.338 e. The van der Waals surface area contributed by atoms with E-state index in [0.29, 0.717) is 33.7 Å². The lowest BCUT2D eigenvalue weighted by Gasteiger charge is -2.29. The minimum absolute atomic E-state index is 0.130. The first-order chi connectivity index (χ1) is 17.0. The number of hydrogen-bond donors (Lipinski definition) is 1. The number of nitrogens with one attached hydrogen (secondary N) is 1. The lowest BCUT2D eigenvalue weighted by molar-refractivity contribution is -0.112. The number of carbonyl (C=O) groups is 2. The third-order valence-corrected chi connectivity index (χ3v) is 6.53. The smallest absolute Gasteiger partial charge is 0.338 e. The highest BCUT2D eigenvalue weighted by Gasteiger charge is 2.20. The molecule has 1 amide bonds. The Morgan fingerprint density at radius 3 is 2.83 bits per heavy atom. The van der Waals surface area contributed by atoms with Crippen molar-refractivity contribution >= 4 is 39.6 Å². The second kappa shape index (κ2) is 11.0. The third-order valence-electron chi connectivity index (χ3n) is 5.63. The summed E-state index contributed by atoms with van der Waals surface area (Å²) in [5, 5.41) is 21.5. The largest absolute Gasteiger partial charge is 0.462 e. The summed E-state index contributed by atoms with van der Waals surface area (Å²) in [6.45, 7) is 6.09. The Morgan fingerprint density at radius 2 is 2.09 bits per heavy atom.